The minimum absolute atomic E-state index is 0.505. The van der Waals surface area contributed by atoms with Gasteiger partial charge in [0.2, 0.25) is 0 Å². The van der Waals surface area contributed by atoms with Crippen molar-refractivity contribution in [1.82, 2.24) is 14.5 Å². The monoisotopic (exact) mass is 311 g/mol. The van der Waals surface area contributed by atoms with Gasteiger partial charge in [-0.2, -0.15) is 0 Å². The van der Waals surface area contributed by atoms with E-state index < -0.39 is 0 Å². The van der Waals surface area contributed by atoms with Gasteiger partial charge in [0.25, 0.3) is 0 Å². The number of fused-ring (bicyclic) bond motifs is 1. The van der Waals surface area contributed by atoms with Crippen LogP contribution >= 0.6 is 28.1 Å². The molecule has 2 heterocycles. The second-order valence-corrected chi connectivity index (χ2v) is 6.10. The number of rotatable bonds is 1. The first-order valence-electron chi connectivity index (χ1n) is 5.92. The zero-order valence-corrected chi connectivity index (χ0v) is 12.0. The van der Waals surface area contributed by atoms with Crippen molar-refractivity contribution < 1.29 is 0 Å². The lowest BCUT2D eigenvalue weighted by atomic mass is 10.1. The van der Waals surface area contributed by atoms with E-state index in [4.69, 9.17) is 12.2 Å². The van der Waals surface area contributed by atoms with Crippen molar-refractivity contribution >= 4 is 39.3 Å². The second-order valence-electron chi connectivity index (χ2n) is 4.80. The molecular formula is C12H14BrN3S. The molecule has 1 aliphatic rings. The number of nitrogens with one attached hydrogen (secondary N) is 1. The van der Waals surface area contributed by atoms with Crippen LogP contribution in [0.25, 0.3) is 11.2 Å². The Morgan fingerprint density at radius 1 is 1.53 bits per heavy atom. The van der Waals surface area contributed by atoms with Crippen molar-refractivity contribution in [3.05, 3.63) is 21.5 Å². The number of imidazole rings is 1. The second kappa shape index (κ2) is 4.21. The van der Waals surface area contributed by atoms with Crippen molar-refractivity contribution in [1.29, 1.82) is 0 Å². The van der Waals surface area contributed by atoms with E-state index in [-0.39, 0.29) is 0 Å². The highest BCUT2D eigenvalue weighted by molar-refractivity contribution is 9.10. The molecule has 3 rings (SSSR count). The molecule has 17 heavy (non-hydrogen) atoms. The molecule has 90 valence electrons. The van der Waals surface area contributed by atoms with Gasteiger partial charge in [-0.15, -0.1) is 0 Å². The first-order valence-corrected chi connectivity index (χ1v) is 7.12. The molecule has 0 amide bonds. The van der Waals surface area contributed by atoms with E-state index in [1.807, 2.05) is 12.3 Å². The van der Waals surface area contributed by atoms with Gasteiger partial charge in [0, 0.05) is 16.7 Å². The van der Waals surface area contributed by atoms with Gasteiger partial charge in [-0.3, -0.25) is 4.57 Å². The van der Waals surface area contributed by atoms with Crippen molar-refractivity contribution in [2.24, 2.45) is 5.92 Å². The van der Waals surface area contributed by atoms with E-state index in [1.165, 1.54) is 19.3 Å². The Morgan fingerprint density at radius 3 is 3.06 bits per heavy atom. The van der Waals surface area contributed by atoms with Crippen molar-refractivity contribution in [3.63, 3.8) is 0 Å². The summed E-state index contributed by atoms with van der Waals surface area (Å²) in [7, 11) is 0. The van der Waals surface area contributed by atoms with Crippen LogP contribution in [0.3, 0.4) is 0 Å². The number of aromatic amines is 1. The molecule has 0 radical (unpaired) electrons. The minimum Gasteiger partial charge on any atom is -0.329 e. The first-order chi connectivity index (χ1) is 8.16. The average Bonchev–Trinajstić information content (AvgIpc) is 2.80. The van der Waals surface area contributed by atoms with Crippen LogP contribution in [-0.2, 0) is 0 Å². The third kappa shape index (κ3) is 1.85. The van der Waals surface area contributed by atoms with Gasteiger partial charge >= 0.3 is 0 Å². The summed E-state index contributed by atoms with van der Waals surface area (Å²) in [6.45, 7) is 2.30. The lowest BCUT2D eigenvalue weighted by Crippen LogP contribution is -2.12. The third-order valence-corrected chi connectivity index (χ3v) is 4.40. The fourth-order valence-electron chi connectivity index (χ4n) is 2.80. The lowest BCUT2D eigenvalue weighted by Gasteiger charge is -2.17. The maximum absolute atomic E-state index is 5.44. The summed E-state index contributed by atoms with van der Waals surface area (Å²) in [6, 6.07) is 2.54. The molecule has 2 aromatic heterocycles. The fourth-order valence-corrected chi connectivity index (χ4v) is 3.47. The summed E-state index contributed by atoms with van der Waals surface area (Å²) >= 11 is 8.87. The van der Waals surface area contributed by atoms with E-state index in [2.05, 4.69) is 37.4 Å². The van der Waals surface area contributed by atoms with Gasteiger partial charge in [0.1, 0.15) is 0 Å². The van der Waals surface area contributed by atoms with Crippen LogP contribution in [0.2, 0.25) is 0 Å². The van der Waals surface area contributed by atoms with Gasteiger partial charge in [-0.25, -0.2) is 4.98 Å². The Hall–Kier alpha value is -0.680. The van der Waals surface area contributed by atoms with Crippen LogP contribution in [0.15, 0.2) is 16.7 Å². The lowest BCUT2D eigenvalue weighted by molar-refractivity contribution is 0.411. The Bertz CT molecular complexity index is 616. The maximum Gasteiger partial charge on any atom is 0.179 e. The van der Waals surface area contributed by atoms with E-state index in [0.29, 0.717) is 12.0 Å². The summed E-state index contributed by atoms with van der Waals surface area (Å²) in [4.78, 5) is 7.75. The molecule has 2 aromatic rings. The molecule has 1 N–H and O–H groups in total. The van der Waals surface area contributed by atoms with E-state index in [1.54, 1.807) is 0 Å². The molecule has 0 bridgehead atoms. The summed E-state index contributed by atoms with van der Waals surface area (Å²) in [5.41, 5.74) is 2.00. The maximum atomic E-state index is 5.44. The normalized spacial score (nSPS) is 24.6. The largest absolute Gasteiger partial charge is 0.329 e. The number of hydrogen-bond acceptors (Lipinski definition) is 2. The topological polar surface area (TPSA) is 33.6 Å². The highest BCUT2D eigenvalue weighted by Crippen LogP contribution is 2.37. The van der Waals surface area contributed by atoms with Crippen LogP contribution in [0.1, 0.15) is 32.2 Å². The van der Waals surface area contributed by atoms with Gasteiger partial charge < -0.3 is 4.98 Å². The SMILES string of the molecule is CC1CCCC1n1c(=S)[nH]c2cc(Br)cnc21. The highest BCUT2D eigenvalue weighted by atomic mass is 79.9. The number of H-pyrrole nitrogens is 1. The van der Waals surface area contributed by atoms with Gasteiger partial charge in [-0.05, 0) is 53.0 Å². The fraction of sp³-hybridized carbons (Fsp3) is 0.500. The van der Waals surface area contributed by atoms with Crippen LogP contribution in [0.4, 0.5) is 0 Å². The highest BCUT2D eigenvalue weighted by Gasteiger charge is 2.27. The van der Waals surface area contributed by atoms with Crippen molar-refractivity contribution in [2.45, 2.75) is 32.2 Å². The van der Waals surface area contributed by atoms with E-state index >= 15 is 0 Å². The quantitative estimate of drug-likeness (QED) is 0.800. The molecule has 5 heteroatoms. The van der Waals surface area contributed by atoms with Crippen LogP contribution in [-0.4, -0.2) is 14.5 Å². The smallest absolute Gasteiger partial charge is 0.179 e. The number of pyridine rings is 1. The number of hydrogen-bond donors (Lipinski definition) is 1. The van der Waals surface area contributed by atoms with E-state index in [9.17, 15) is 0 Å². The Labute approximate surface area is 113 Å². The molecule has 0 saturated heterocycles. The van der Waals surface area contributed by atoms with Gasteiger partial charge in [0.05, 0.1) is 5.52 Å². The molecule has 0 spiro atoms. The molecule has 1 saturated carbocycles. The third-order valence-electron chi connectivity index (χ3n) is 3.67. The summed E-state index contributed by atoms with van der Waals surface area (Å²) in [6.07, 6.45) is 5.62. The van der Waals surface area contributed by atoms with Crippen LogP contribution in [0.5, 0.6) is 0 Å². The van der Waals surface area contributed by atoms with Crippen molar-refractivity contribution in [2.75, 3.05) is 0 Å². The number of nitrogens with zero attached hydrogens (tertiary/aromatic N) is 2. The predicted molar refractivity (Wildman–Crippen MR) is 74.7 cm³/mol. The summed E-state index contributed by atoms with van der Waals surface area (Å²) in [5.74, 6) is 0.686. The molecule has 2 atom stereocenters. The molecule has 0 aromatic carbocycles. The Morgan fingerprint density at radius 2 is 2.35 bits per heavy atom. The standard InChI is InChI=1S/C12H14BrN3S/c1-7-3-2-4-10(7)16-11-9(15-12(16)17)5-8(13)6-14-11/h5-7,10H,2-4H2,1H3,(H,15,17). The Kier molecular flexibility index (Phi) is 2.83. The first kappa shape index (κ1) is 11.4. The predicted octanol–water partition coefficient (Wildman–Crippen LogP) is 4.22. The molecule has 2 unspecified atom stereocenters. The van der Waals surface area contributed by atoms with Crippen molar-refractivity contribution in [3.8, 4) is 0 Å². The Balaban J connectivity index is 2.22. The summed E-state index contributed by atoms with van der Waals surface area (Å²) in [5, 5.41) is 0. The molecule has 3 nitrogen and oxygen atoms in total. The number of halogens is 1. The van der Waals surface area contributed by atoms with E-state index in [0.717, 1.165) is 20.4 Å². The zero-order valence-electron chi connectivity index (χ0n) is 9.61. The number of aromatic nitrogens is 3. The zero-order chi connectivity index (χ0) is 12.0. The van der Waals surface area contributed by atoms with Crippen LogP contribution in [0, 0.1) is 10.7 Å². The van der Waals surface area contributed by atoms with Crippen LogP contribution < -0.4 is 0 Å². The average molecular weight is 312 g/mol. The summed E-state index contributed by atoms with van der Waals surface area (Å²) < 4.78 is 3.98. The molecule has 1 fully saturated rings. The molecular weight excluding hydrogens is 298 g/mol. The minimum atomic E-state index is 0.505. The molecule has 0 aliphatic heterocycles. The van der Waals surface area contributed by atoms with Gasteiger partial charge in [0.15, 0.2) is 10.4 Å². The molecule has 1 aliphatic carbocycles. The van der Waals surface area contributed by atoms with Gasteiger partial charge in [-0.1, -0.05) is 13.3 Å².